The molecule has 0 radical (unpaired) electrons. The number of aliphatic hydroxyl groups is 1. The van der Waals surface area contributed by atoms with E-state index in [0.29, 0.717) is 11.5 Å². The number of hydrogen-bond donors (Lipinski definition) is 2. The number of carbonyl (C=O) groups excluding carboxylic acids is 1. The van der Waals surface area contributed by atoms with Gasteiger partial charge in [0.2, 0.25) is 6.79 Å². The molecule has 18 heavy (non-hydrogen) atoms. The first-order chi connectivity index (χ1) is 8.47. The van der Waals surface area contributed by atoms with Crippen LogP contribution in [0.4, 0.5) is 0 Å². The zero-order chi connectivity index (χ0) is 13.2. The highest BCUT2D eigenvalue weighted by atomic mass is 16.7. The van der Waals surface area contributed by atoms with Gasteiger partial charge in [-0.15, -0.1) is 0 Å². The van der Waals surface area contributed by atoms with E-state index in [1.54, 1.807) is 18.2 Å². The molecule has 96 valence electrons. The van der Waals surface area contributed by atoms with Gasteiger partial charge in [-0.2, -0.15) is 5.10 Å². The maximum atomic E-state index is 11.3. The average molecular weight is 250 g/mol. The number of fused-ring (bicyclic) bond motifs is 1. The zero-order valence-electron chi connectivity index (χ0n) is 10.1. The van der Waals surface area contributed by atoms with E-state index in [0.717, 1.165) is 5.56 Å². The van der Waals surface area contributed by atoms with Gasteiger partial charge in [-0.25, -0.2) is 5.43 Å². The summed E-state index contributed by atoms with van der Waals surface area (Å²) in [7, 11) is 0. The number of nitrogens with one attached hydrogen (secondary N) is 1. The van der Waals surface area contributed by atoms with Crippen LogP contribution in [0.5, 0.6) is 11.5 Å². The van der Waals surface area contributed by atoms with Crippen LogP contribution in [0.15, 0.2) is 23.3 Å². The van der Waals surface area contributed by atoms with Crippen molar-refractivity contribution in [1.29, 1.82) is 0 Å². The lowest BCUT2D eigenvalue weighted by molar-refractivity contribution is -0.136. The SMILES string of the molecule is CC(C)(O)C(=O)N/N=C/c1ccc2c(c1)OCO2. The Labute approximate surface area is 104 Å². The third kappa shape index (κ3) is 2.78. The number of rotatable bonds is 3. The van der Waals surface area contributed by atoms with Crippen LogP contribution in [0, 0.1) is 0 Å². The first kappa shape index (κ1) is 12.4. The van der Waals surface area contributed by atoms with Gasteiger partial charge in [0.25, 0.3) is 5.91 Å². The lowest BCUT2D eigenvalue weighted by atomic mass is 10.1. The molecular formula is C12H14N2O4. The van der Waals surface area contributed by atoms with Gasteiger partial charge in [-0.1, -0.05) is 0 Å². The minimum atomic E-state index is -1.45. The van der Waals surface area contributed by atoms with Crippen molar-refractivity contribution in [1.82, 2.24) is 5.43 Å². The Kier molecular flexibility index (Phi) is 3.20. The minimum absolute atomic E-state index is 0.214. The lowest BCUT2D eigenvalue weighted by Gasteiger charge is -2.13. The highest BCUT2D eigenvalue weighted by Gasteiger charge is 2.22. The quantitative estimate of drug-likeness (QED) is 0.609. The molecule has 1 amide bonds. The minimum Gasteiger partial charge on any atom is -0.454 e. The summed E-state index contributed by atoms with van der Waals surface area (Å²) in [4.78, 5) is 11.3. The van der Waals surface area contributed by atoms with Gasteiger partial charge in [-0.05, 0) is 37.6 Å². The fourth-order valence-corrected chi connectivity index (χ4v) is 1.30. The number of ether oxygens (including phenoxy) is 2. The maximum absolute atomic E-state index is 11.3. The molecule has 0 atom stereocenters. The largest absolute Gasteiger partial charge is 0.454 e. The van der Waals surface area contributed by atoms with Crippen molar-refractivity contribution in [3.05, 3.63) is 23.8 Å². The fourth-order valence-electron chi connectivity index (χ4n) is 1.30. The number of carbonyl (C=O) groups is 1. The summed E-state index contributed by atoms with van der Waals surface area (Å²) in [6.07, 6.45) is 1.46. The van der Waals surface area contributed by atoms with E-state index >= 15 is 0 Å². The van der Waals surface area contributed by atoms with Gasteiger partial charge in [0.1, 0.15) is 5.60 Å². The van der Waals surface area contributed by atoms with Crippen LogP contribution >= 0.6 is 0 Å². The number of benzene rings is 1. The highest BCUT2D eigenvalue weighted by Crippen LogP contribution is 2.31. The van der Waals surface area contributed by atoms with Gasteiger partial charge in [0.05, 0.1) is 6.21 Å². The summed E-state index contributed by atoms with van der Waals surface area (Å²) in [6, 6.07) is 5.30. The number of nitrogens with zero attached hydrogens (tertiary/aromatic N) is 1. The Morgan fingerprint density at radius 3 is 2.89 bits per heavy atom. The monoisotopic (exact) mass is 250 g/mol. The number of hydrazone groups is 1. The molecule has 1 heterocycles. The van der Waals surface area contributed by atoms with E-state index in [1.165, 1.54) is 20.1 Å². The van der Waals surface area contributed by atoms with Crippen LogP contribution in [0.25, 0.3) is 0 Å². The molecule has 0 saturated heterocycles. The van der Waals surface area contributed by atoms with E-state index in [2.05, 4.69) is 10.5 Å². The van der Waals surface area contributed by atoms with Crippen LogP contribution < -0.4 is 14.9 Å². The van der Waals surface area contributed by atoms with Crippen LogP contribution in [0.1, 0.15) is 19.4 Å². The molecule has 1 aromatic rings. The van der Waals surface area contributed by atoms with Crippen molar-refractivity contribution in [2.45, 2.75) is 19.4 Å². The molecule has 1 aromatic carbocycles. The van der Waals surface area contributed by atoms with Crippen molar-refractivity contribution in [2.24, 2.45) is 5.10 Å². The molecule has 0 saturated carbocycles. The molecule has 0 spiro atoms. The van der Waals surface area contributed by atoms with Crippen molar-refractivity contribution < 1.29 is 19.4 Å². The number of hydrogen-bond acceptors (Lipinski definition) is 5. The van der Waals surface area contributed by atoms with E-state index < -0.39 is 11.5 Å². The Hall–Kier alpha value is -2.08. The second kappa shape index (κ2) is 4.66. The smallest absolute Gasteiger partial charge is 0.271 e. The van der Waals surface area contributed by atoms with E-state index in [-0.39, 0.29) is 6.79 Å². The predicted octanol–water partition coefficient (Wildman–Crippen LogP) is 0.636. The summed E-state index contributed by atoms with van der Waals surface area (Å²) in [5, 5.41) is 13.1. The molecule has 0 aromatic heterocycles. The van der Waals surface area contributed by atoms with E-state index in [1.807, 2.05) is 0 Å². The van der Waals surface area contributed by atoms with Gasteiger partial charge in [0.15, 0.2) is 11.5 Å². The third-order valence-electron chi connectivity index (χ3n) is 2.33. The molecule has 2 rings (SSSR count). The Balaban J connectivity index is 2.00. The van der Waals surface area contributed by atoms with Crippen molar-refractivity contribution >= 4 is 12.1 Å². The van der Waals surface area contributed by atoms with Gasteiger partial charge in [-0.3, -0.25) is 4.79 Å². The summed E-state index contributed by atoms with van der Waals surface area (Å²) in [5.74, 6) is 0.764. The molecule has 6 nitrogen and oxygen atoms in total. The van der Waals surface area contributed by atoms with Crippen LogP contribution in [0.3, 0.4) is 0 Å². The molecule has 0 aliphatic carbocycles. The van der Waals surface area contributed by atoms with Crippen LogP contribution in [-0.4, -0.2) is 29.6 Å². The molecule has 6 heteroatoms. The summed E-state index contributed by atoms with van der Waals surface area (Å²) >= 11 is 0. The topological polar surface area (TPSA) is 80.2 Å². The summed E-state index contributed by atoms with van der Waals surface area (Å²) < 4.78 is 10.4. The van der Waals surface area contributed by atoms with Crippen molar-refractivity contribution in [3.63, 3.8) is 0 Å². The Morgan fingerprint density at radius 1 is 1.44 bits per heavy atom. The Morgan fingerprint density at radius 2 is 2.17 bits per heavy atom. The number of amides is 1. The molecule has 2 N–H and O–H groups in total. The normalized spacial score (nSPS) is 13.9. The molecule has 1 aliphatic heterocycles. The van der Waals surface area contributed by atoms with Gasteiger partial charge < -0.3 is 14.6 Å². The molecule has 1 aliphatic rings. The molecular weight excluding hydrogens is 236 g/mol. The van der Waals surface area contributed by atoms with E-state index in [4.69, 9.17) is 9.47 Å². The lowest BCUT2D eigenvalue weighted by Crippen LogP contribution is -2.39. The standard InChI is InChI=1S/C12H14N2O4/c1-12(2,16)11(15)14-13-6-8-3-4-9-10(5-8)18-7-17-9/h3-6,16H,7H2,1-2H3,(H,14,15)/b13-6+. The average Bonchev–Trinajstić information content (AvgIpc) is 2.74. The fraction of sp³-hybridized carbons (Fsp3) is 0.333. The second-order valence-electron chi connectivity index (χ2n) is 4.37. The van der Waals surface area contributed by atoms with E-state index in [9.17, 15) is 9.90 Å². The Bertz CT molecular complexity index is 491. The third-order valence-corrected chi connectivity index (χ3v) is 2.33. The first-order valence-corrected chi connectivity index (χ1v) is 5.42. The first-order valence-electron chi connectivity index (χ1n) is 5.42. The highest BCUT2D eigenvalue weighted by molar-refractivity contribution is 5.86. The maximum Gasteiger partial charge on any atom is 0.271 e. The molecule has 0 bridgehead atoms. The van der Waals surface area contributed by atoms with Crippen LogP contribution in [0.2, 0.25) is 0 Å². The van der Waals surface area contributed by atoms with Gasteiger partial charge >= 0.3 is 0 Å². The second-order valence-corrected chi connectivity index (χ2v) is 4.37. The summed E-state index contributed by atoms with van der Waals surface area (Å²) in [5.41, 5.74) is 1.55. The zero-order valence-corrected chi connectivity index (χ0v) is 10.1. The van der Waals surface area contributed by atoms with Crippen molar-refractivity contribution in [3.8, 4) is 11.5 Å². The molecule has 0 unspecified atom stereocenters. The van der Waals surface area contributed by atoms with Crippen molar-refractivity contribution in [2.75, 3.05) is 6.79 Å². The summed E-state index contributed by atoms with van der Waals surface area (Å²) in [6.45, 7) is 2.99. The predicted molar refractivity (Wildman–Crippen MR) is 64.6 cm³/mol. The molecule has 0 fully saturated rings. The van der Waals surface area contributed by atoms with Crippen LogP contribution in [-0.2, 0) is 4.79 Å². The van der Waals surface area contributed by atoms with Gasteiger partial charge in [0, 0.05) is 0 Å².